The molecule has 4 aromatic rings. The third-order valence-corrected chi connectivity index (χ3v) is 6.50. The summed E-state index contributed by atoms with van der Waals surface area (Å²) in [5.41, 5.74) is 5.82. The Bertz CT molecular complexity index is 1320. The molecule has 0 atom stereocenters. The van der Waals surface area contributed by atoms with Gasteiger partial charge in [-0.1, -0.05) is 18.2 Å². The maximum absolute atomic E-state index is 12.9. The molecule has 0 bridgehead atoms. The molecule has 1 N–H and O–H groups in total. The molecule has 0 saturated heterocycles. The van der Waals surface area contributed by atoms with Crippen LogP contribution in [0.25, 0.3) is 17.0 Å². The average molecular weight is 407 g/mol. The van der Waals surface area contributed by atoms with Crippen molar-refractivity contribution in [2.45, 2.75) is 32.6 Å². The van der Waals surface area contributed by atoms with E-state index in [4.69, 9.17) is 0 Å². The van der Waals surface area contributed by atoms with Crippen molar-refractivity contribution in [1.82, 2.24) is 14.4 Å². The van der Waals surface area contributed by atoms with E-state index in [1.807, 2.05) is 68.8 Å². The topological polar surface area (TPSA) is 76.4 Å². The monoisotopic (exact) mass is 406 g/mol. The normalized spacial score (nSPS) is 11.7. The molecule has 0 radical (unpaired) electrons. The fourth-order valence-corrected chi connectivity index (χ4v) is 4.61. The van der Waals surface area contributed by atoms with E-state index in [9.17, 15) is 8.42 Å². The Morgan fingerprint density at radius 1 is 0.862 bits per heavy atom. The van der Waals surface area contributed by atoms with Crippen LogP contribution in [-0.4, -0.2) is 22.8 Å². The molecule has 0 amide bonds. The molecule has 0 unspecified atom stereocenters. The number of benzene rings is 2. The van der Waals surface area contributed by atoms with Crippen molar-refractivity contribution in [1.29, 1.82) is 0 Å². The Hall–Kier alpha value is -3.19. The average Bonchev–Trinajstić information content (AvgIpc) is 3.08. The Labute approximate surface area is 170 Å². The molecule has 29 heavy (non-hydrogen) atoms. The van der Waals surface area contributed by atoms with Crippen LogP contribution in [0.4, 0.5) is 5.69 Å². The number of fused-ring (bicyclic) bond motifs is 1. The summed E-state index contributed by atoms with van der Waals surface area (Å²) in [6.07, 6.45) is 3.82. The van der Waals surface area contributed by atoms with Crippen LogP contribution in [0.15, 0.2) is 59.8 Å². The zero-order valence-corrected chi connectivity index (χ0v) is 17.6. The van der Waals surface area contributed by atoms with Gasteiger partial charge in [0.25, 0.3) is 10.0 Å². The lowest BCUT2D eigenvalue weighted by Crippen LogP contribution is -2.14. The Kier molecular flexibility index (Phi) is 4.62. The molecule has 148 valence electrons. The van der Waals surface area contributed by atoms with Crippen molar-refractivity contribution in [3.63, 3.8) is 0 Å². The lowest BCUT2D eigenvalue weighted by molar-refractivity contribution is 0.600. The Morgan fingerprint density at radius 2 is 1.55 bits per heavy atom. The van der Waals surface area contributed by atoms with E-state index in [1.165, 1.54) is 0 Å². The lowest BCUT2D eigenvalue weighted by Gasteiger charge is -2.13. The SMILES string of the molecule is Cc1ccn2cc(-c3ccc(NS(=O)(=O)c4cc(C)c(C)cc4C)cc3)nc2n1. The summed E-state index contributed by atoms with van der Waals surface area (Å²) in [5, 5.41) is 0. The van der Waals surface area contributed by atoms with E-state index in [0.717, 1.165) is 33.6 Å². The van der Waals surface area contributed by atoms with E-state index < -0.39 is 10.0 Å². The van der Waals surface area contributed by atoms with Gasteiger partial charge in [-0.3, -0.25) is 9.12 Å². The number of nitrogens with zero attached hydrogens (tertiary/aromatic N) is 3. The largest absolute Gasteiger partial charge is 0.291 e. The minimum absolute atomic E-state index is 0.298. The minimum Gasteiger partial charge on any atom is -0.291 e. The maximum Gasteiger partial charge on any atom is 0.262 e. The van der Waals surface area contributed by atoms with Crippen molar-refractivity contribution in [3.8, 4) is 11.3 Å². The third kappa shape index (κ3) is 3.73. The zero-order chi connectivity index (χ0) is 20.8. The van der Waals surface area contributed by atoms with Gasteiger partial charge in [-0.2, -0.15) is 0 Å². The Balaban J connectivity index is 1.61. The van der Waals surface area contributed by atoms with E-state index in [-0.39, 0.29) is 0 Å². The summed E-state index contributed by atoms with van der Waals surface area (Å²) < 4.78 is 30.2. The number of sulfonamides is 1. The third-order valence-electron chi connectivity index (χ3n) is 4.98. The molecule has 7 heteroatoms. The van der Waals surface area contributed by atoms with Crippen molar-refractivity contribution in [2.75, 3.05) is 4.72 Å². The van der Waals surface area contributed by atoms with Gasteiger partial charge in [-0.25, -0.2) is 18.4 Å². The van der Waals surface area contributed by atoms with Gasteiger partial charge in [0.1, 0.15) is 0 Å². The molecule has 6 nitrogen and oxygen atoms in total. The number of imidazole rings is 1. The molecule has 2 heterocycles. The van der Waals surface area contributed by atoms with Crippen molar-refractivity contribution < 1.29 is 8.42 Å². The number of aromatic nitrogens is 3. The predicted octanol–water partition coefficient (Wildman–Crippen LogP) is 4.43. The van der Waals surface area contributed by atoms with Gasteiger partial charge >= 0.3 is 0 Å². The molecule has 0 aliphatic carbocycles. The van der Waals surface area contributed by atoms with Crippen LogP contribution in [0, 0.1) is 27.7 Å². The van der Waals surface area contributed by atoms with E-state index >= 15 is 0 Å². The quantitative estimate of drug-likeness (QED) is 0.544. The highest BCUT2D eigenvalue weighted by Crippen LogP contribution is 2.25. The summed E-state index contributed by atoms with van der Waals surface area (Å²) >= 11 is 0. The first-order valence-corrected chi connectivity index (χ1v) is 10.7. The minimum atomic E-state index is -3.67. The number of hydrogen-bond acceptors (Lipinski definition) is 4. The van der Waals surface area contributed by atoms with Crippen molar-refractivity contribution in [3.05, 3.63) is 77.2 Å². The van der Waals surface area contributed by atoms with Crippen LogP contribution in [0.1, 0.15) is 22.4 Å². The number of hydrogen-bond donors (Lipinski definition) is 1. The molecule has 0 fully saturated rings. The van der Waals surface area contributed by atoms with E-state index in [2.05, 4.69) is 14.7 Å². The highest BCUT2D eigenvalue weighted by molar-refractivity contribution is 7.92. The second-order valence-corrected chi connectivity index (χ2v) is 8.94. The predicted molar refractivity (Wildman–Crippen MR) is 115 cm³/mol. The number of rotatable bonds is 4. The highest BCUT2D eigenvalue weighted by Gasteiger charge is 2.18. The lowest BCUT2D eigenvalue weighted by atomic mass is 10.1. The molecule has 0 spiro atoms. The summed E-state index contributed by atoms with van der Waals surface area (Å²) in [6, 6.07) is 12.7. The maximum atomic E-state index is 12.9. The first-order chi connectivity index (χ1) is 13.7. The Morgan fingerprint density at radius 3 is 2.28 bits per heavy atom. The van der Waals surface area contributed by atoms with Gasteiger partial charge in [0.05, 0.1) is 10.6 Å². The summed E-state index contributed by atoms with van der Waals surface area (Å²) in [4.78, 5) is 9.24. The standard InChI is InChI=1S/C22H22N4O2S/c1-14-11-16(3)21(12-15(14)2)29(27,28)25-19-7-5-18(6-8-19)20-13-26-10-9-17(4)23-22(26)24-20/h5-13,25H,1-4H3. The van der Waals surface area contributed by atoms with Crippen molar-refractivity contribution >= 4 is 21.5 Å². The van der Waals surface area contributed by atoms with E-state index in [1.54, 1.807) is 18.2 Å². The molecule has 0 saturated carbocycles. The first kappa shape index (κ1) is 19.1. The van der Waals surface area contributed by atoms with Crippen LogP contribution in [0.2, 0.25) is 0 Å². The van der Waals surface area contributed by atoms with Crippen LogP contribution in [0.5, 0.6) is 0 Å². The van der Waals surface area contributed by atoms with Crippen LogP contribution >= 0.6 is 0 Å². The van der Waals surface area contributed by atoms with Crippen LogP contribution in [0.3, 0.4) is 0 Å². The van der Waals surface area contributed by atoms with E-state index in [0.29, 0.717) is 16.4 Å². The van der Waals surface area contributed by atoms with Gasteiger partial charge in [-0.05, 0) is 68.7 Å². The van der Waals surface area contributed by atoms with Gasteiger partial charge < -0.3 is 0 Å². The van der Waals surface area contributed by atoms with Gasteiger partial charge in [0.2, 0.25) is 5.78 Å². The second kappa shape index (κ2) is 7.00. The molecular weight excluding hydrogens is 384 g/mol. The molecule has 0 aliphatic heterocycles. The number of aryl methyl sites for hydroxylation is 4. The molecule has 2 aromatic carbocycles. The molecule has 2 aromatic heterocycles. The summed E-state index contributed by atoms with van der Waals surface area (Å²) in [5.74, 6) is 0.634. The molecule has 0 aliphatic rings. The van der Waals surface area contributed by atoms with Gasteiger partial charge in [-0.15, -0.1) is 0 Å². The zero-order valence-electron chi connectivity index (χ0n) is 16.8. The molecular formula is C22H22N4O2S. The van der Waals surface area contributed by atoms with Gasteiger partial charge in [0.15, 0.2) is 0 Å². The van der Waals surface area contributed by atoms with Gasteiger partial charge in [0, 0.05) is 29.3 Å². The second-order valence-electron chi connectivity index (χ2n) is 7.29. The fourth-order valence-electron chi connectivity index (χ4n) is 3.24. The molecule has 4 rings (SSSR count). The fraction of sp³-hybridized carbons (Fsp3) is 0.182. The summed E-state index contributed by atoms with van der Waals surface area (Å²) in [7, 11) is -3.67. The number of anilines is 1. The van der Waals surface area contributed by atoms with Crippen LogP contribution < -0.4 is 4.72 Å². The number of nitrogens with one attached hydrogen (secondary N) is 1. The van der Waals surface area contributed by atoms with Crippen LogP contribution in [-0.2, 0) is 10.0 Å². The smallest absolute Gasteiger partial charge is 0.262 e. The highest BCUT2D eigenvalue weighted by atomic mass is 32.2. The first-order valence-electron chi connectivity index (χ1n) is 9.26. The van der Waals surface area contributed by atoms with Crippen molar-refractivity contribution in [2.24, 2.45) is 0 Å². The summed E-state index contributed by atoms with van der Waals surface area (Å²) in [6.45, 7) is 7.62.